The molecular weight excluding hydrogens is 255 g/mol. The second-order valence-electron chi connectivity index (χ2n) is 4.76. The Hall–Kier alpha value is -2.36. The van der Waals surface area contributed by atoms with Crippen LogP contribution >= 0.6 is 0 Å². The van der Waals surface area contributed by atoms with E-state index in [9.17, 15) is 9.18 Å². The van der Waals surface area contributed by atoms with Crippen LogP contribution in [0.4, 0.5) is 10.1 Å². The Morgan fingerprint density at radius 2 is 1.95 bits per heavy atom. The Balaban J connectivity index is 1.95. The molecule has 0 aliphatic heterocycles. The van der Waals surface area contributed by atoms with Gasteiger partial charge in [0.05, 0.1) is 12.5 Å². The Labute approximate surface area is 117 Å². The molecule has 0 bridgehead atoms. The Morgan fingerprint density at radius 1 is 1.25 bits per heavy atom. The van der Waals surface area contributed by atoms with Gasteiger partial charge in [-0.1, -0.05) is 24.3 Å². The molecule has 0 radical (unpaired) electrons. The highest BCUT2D eigenvalue weighted by atomic mass is 19.1. The summed E-state index contributed by atoms with van der Waals surface area (Å²) in [6, 6.07) is 13.2. The third-order valence-electron chi connectivity index (χ3n) is 3.06. The second kappa shape index (κ2) is 6.19. The Kier molecular flexibility index (Phi) is 4.35. The molecule has 20 heavy (non-hydrogen) atoms. The van der Waals surface area contributed by atoms with Gasteiger partial charge in [0.2, 0.25) is 5.91 Å². The van der Waals surface area contributed by atoms with Crippen molar-refractivity contribution in [1.29, 1.82) is 0 Å². The van der Waals surface area contributed by atoms with Crippen LogP contribution in [0.2, 0.25) is 0 Å². The van der Waals surface area contributed by atoms with Crippen molar-refractivity contribution >= 4 is 11.6 Å². The van der Waals surface area contributed by atoms with Gasteiger partial charge in [0.25, 0.3) is 0 Å². The van der Waals surface area contributed by atoms with Crippen LogP contribution in [0.1, 0.15) is 24.1 Å². The zero-order valence-electron chi connectivity index (χ0n) is 11.3. The van der Waals surface area contributed by atoms with Crippen molar-refractivity contribution in [3.05, 3.63) is 65.5 Å². The van der Waals surface area contributed by atoms with Crippen LogP contribution in [0.3, 0.4) is 0 Å². The van der Waals surface area contributed by atoms with Gasteiger partial charge in [-0.05, 0) is 42.3 Å². The van der Waals surface area contributed by atoms with Crippen LogP contribution in [0.25, 0.3) is 0 Å². The van der Waals surface area contributed by atoms with E-state index >= 15 is 0 Å². The fourth-order valence-corrected chi connectivity index (χ4v) is 2.02. The van der Waals surface area contributed by atoms with E-state index in [-0.39, 0.29) is 24.2 Å². The molecule has 0 aliphatic rings. The van der Waals surface area contributed by atoms with Crippen LogP contribution in [0.15, 0.2) is 48.5 Å². The van der Waals surface area contributed by atoms with Gasteiger partial charge in [-0.2, -0.15) is 0 Å². The molecule has 0 spiro atoms. The molecule has 2 rings (SSSR count). The zero-order chi connectivity index (χ0) is 14.5. The highest BCUT2D eigenvalue weighted by Gasteiger charge is 2.10. The van der Waals surface area contributed by atoms with Crippen molar-refractivity contribution < 1.29 is 9.18 Å². The fourth-order valence-electron chi connectivity index (χ4n) is 2.02. The lowest BCUT2D eigenvalue weighted by Crippen LogP contribution is -2.28. The van der Waals surface area contributed by atoms with E-state index in [0.29, 0.717) is 5.69 Å². The minimum atomic E-state index is -0.285. The normalized spacial score (nSPS) is 11.9. The summed E-state index contributed by atoms with van der Waals surface area (Å²) < 4.78 is 12.8. The number of carbonyl (C=O) groups is 1. The van der Waals surface area contributed by atoms with Crippen molar-refractivity contribution in [3.63, 3.8) is 0 Å². The van der Waals surface area contributed by atoms with Crippen molar-refractivity contribution in [2.24, 2.45) is 0 Å². The number of nitrogen functional groups attached to an aromatic ring is 1. The molecule has 0 unspecified atom stereocenters. The van der Waals surface area contributed by atoms with Crippen LogP contribution in [0.5, 0.6) is 0 Å². The first-order valence-electron chi connectivity index (χ1n) is 6.44. The maximum absolute atomic E-state index is 12.8. The summed E-state index contributed by atoms with van der Waals surface area (Å²) in [4.78, 5) is 11.9. The van der Waals surface area contributed by atoms with Crippen LogP contribution in [0, 0.1) is 5.82 Å². The molecule has 2 aromatic carbocycles. The summed E-state index contributed by atoms with van der Waals surface area (Å²) in [6.45, 7) is 1.87. The molecule has 1 atom stereocenters. The summed E-state index contributed by atoms with van der Waals surface area (Å²) in [7, 11) is 0. The summed E-state index contributed by atoms with van der Waals surface area (Å²) in [5.74, 6) is -0.375. The summed E-state index contributed by atoms with van der Waals surface area (Å²) in [6.07, 6.45) is 0.274. The number of benzene rings is 2. The van der Waals surface area contributed by atoms with Crippen LogP contribution < -0.4 is 11.1 Å². The van der Waals surface area contributed by atoms with E-state index in [2.05, 4.69) is 5.32 Å². The van der Waals surface area contributed by atoms with Gasteiger partial charge in [0, 0.05) is 5.69 Å². The molecule has 0 heterocycles. The molecule has 1 amide bonds. The van der Waals surface area contributed by atoms with Crippen molar-refractivity contribution in [3.8, 4) is 0 Å². The zero-order valence-corrected chi connectivity index (χ0v) is 11.3. The average Bonchev–Trinajstić information content (AvgIpc) is 2.39. The van der Waals surface area contributed by atoms with Gasteiger partial charge in [-0.25, -0.2) is 4.39 Å². The first kappa shape index (κ1) is 14.1. The molecule has 4 heteroatoms. The van der Waals surface area contributed by atoms with Crippen molar-refractivity contribution in [1.82, 2.24) is 5.32 Å². The number of nitrogens with one attached hydrogen (secondary N) is 1. The fraction of sp³-hybridized carbons (Fsp3) is 0.188. The minimum absolute atomic E-state index is 0.0903. The van der Waals surface area contributed by atoms with Gasteiger partial charge < -0.3 is 11.1 Å². The predicted molar refractivity (Wildman–Crippen MR) is 77.5 cm³/mol. The topological polar surface area (TPSA) is 55.1 Å². The molecule has 3 nitrogen and oxygen atoms in total. The Morgan fingerprint density at radius 3 is 2.60 bits per heavy atom. The van der Waals surface area contributed by atoms with E-state index in [4.69, 9.17) is 5.73 Å². The summed E-state index contributed by atoms with van der Waals surface area (Å²) in [5, 5.41) is 2.88. The molecule has 0 saturated heterocycles. The van der Waals surface area contributed by atoms with Gasteiger partial charge in [0.15, 0.2) is 0 Å². The number of hydrogen-bond donors (Lipinski definition) is 2. The number of anilines is 1. The molecule has 0 aliphatic carbocycles. The number of carbonyl (C=O) groups excluding carboxylic acids is 1. The summed E-state index contributed by atoms with van der Waals surface area (Å²) in [5.41, 5.74) is 8.05. The number of nitrogens with two attached hydrogens (primary N) is 1. The minimum Gasteiger partial charge on any atom is -0.399 e. The SMILES string of the molecule is C[C@H](NC(=O)Cc1cccc(N)c1)c1ccc(F)cc1. The molecule has 0 fully saturated rings. The quantitative estimate of drug-likeness (QED) is 0.841. The van der Waals surface area contributed by atoms with E-state index in [1.807, 2.05) is 19.1 Å². The monoisotopic (exact) mass is 272 g/mol. The second-order valence-corrected chi connectivity index (χ2v) is 4.76. The molecule has 104 valence electrons. The molecule has 0 saturated carbocycles. The number of hydrogen-bond acceptors (Lipinski definition) is 2. The maximum atomic E-state index is 12.8. The lowest BCUT2D eigenvalue weighted by molar-refractivity contribution is -0.121. The van der Waals surface area contributed by atoms with E-state index < -0.39 is 0 Å². The van der Waals surface area contributed by atoms with Gasteiger partial charge in [-0.3, -0.25) is 4.79 Å². The van der Waals surface area contributed by atoms with Crippen LogP contribution in [-0.2, 0) is 11.2 Å². The van der Waals surface area contributed by atoms with Crippen molar-refractivity contribution in [2.45, 2.75) is 19.4 Å². The molecule has 0 aromatic heterocycles. The lowest BCUT2D eigenvalue weighted by Gasteiger charge is -2.14. The molecule has 3 N–H and O–H groups in total. The Bertz CT molecular complexity index is 596. The van der Waals surface area contributed by atoms with Gasteiger partial charge >= 0.3 is 0 Å². The van der Waals surface area contributed by atoms with Gasteiger partial charge in [0.1, 0.15) is 5.82 Å². The standard InChI is InChI=1S/C16H17FN2O/c1-11(13-5-7-14(17)8-6-13)19-16(20)10-12-3-2-4-15(18)9-12/h2-9,11H,10,18H2,1H3,(H,19,20)/t11-/m0/s1. The van der Waals surface area contributed by atoms with Gasteiger partial charge in [-0.15, -0.1) is 0 Å². The summed E-state index contributed by atoms with van der Waals surface area (Å²) >= 11 is 0. The molecular formula is C16H17FN2O. The number of rotatable bonds is 4. The first-order valence-corrected chi connectivity index (χ1v) is 6.44. The number of amides is 1. The highest BCUT2D eigenvalue weighted by Crippen LogP contribution is 2.13. The predicted octanol–water partition coefficient (Wildman–Crippen LogP) is 2.83. The van der Waals surface area contributed by atoms with E-state index in [0.717, 1.165) is 11.1 Å². The largest absolute Gasteiger partial charge is 0.399 e. The smallest absolute Gasteiger partial charge is 0.224 e. The molecule has 2 aromatic rings. The van der Waals surface area contributed by atoms with Crippen molar-refractivity contribution in [2.75, 3.05) is 5.73 Å². The number of halogens is 1. The first-order chi connectivity index (χ1) is 9.54. The third kappa shape index (κ3) is 3.82. The third-order valence-corrected chi connectivity index (χ3v) is 3.06. The highest BCUT2D eigenvalue weighted by molar-refractivity contribution is 5.79. The average molecular weight is 272 g/mol. The maximum Gasteiger partial charge on any atom is 0.224 e. The van der Waals surface area contributed by atoms with Crippen LogP contribution in [-0.4, -0.2) is 5.91 Å². The lowest BCUT2D eigenvalue weighted by atomic mass is 10.1. The van der Waals surface area contributed by atoms with E-state index in [1.54, 1.807) is 24.3 Å². The van der Waals surface area contributed by atoms with E-state index in [1.165, 1.54) is 12.1 Å².